The average Bonchev–Trinajstić information content (AvgIpc) is 2.33. The third-order valence-corrected chi connectivity index (χ3v) is 3.22. The summed E-state index contributed by atoms with van der Waals surface area (Å²) in [5.41, 5.74) is 6.55. The predicted octanol–water partition coefficient (Wildman–Crippen LogP) is 2.42. The van der Waals surface area contributed by atoms with Gasteiger partial charge in [0.05, 0.1) is 28.9 Å². The molecule has 1 amide bonds. The number of methoxy groups -OCH3 is 1. The van der Waals surface area contributed by atoms with Crippen LogP contribution in [0.25, 0.3) is 0 Å². The first-order valence-electron chi connectivity index (χ1n) is 5.86. The molecule has 1 atom stereocenters. The number of rotatable bonds is 5. The van der Waals surface area contributed by atoms with Crippen molar-refractivity contribution < 1.29 is 9.53 Å². The van der Waals surface area contributed by atoms with Crippen LogP contribution in [0.2, 0.25) is 5.02 Å². The van der Waals surface area contributed by atoms with Crippen LogP contribution in [0.5, 0.6) is 0 Å². The lowest BCUT2D eigenvalue weighted by Gasteiger charge is -2.28. The average molecular weight is 271 g/mol. The van der Waals surface area contributed by atoms with Crippen molar-refractivity contribution in [3.8, 4) is 0 Å². The maximum atomic E-state index is 12.4. The second-order valence-electron chi connectivity index (χ2n) is 4.10. The molecule has 18 heavy (non-hydrogen) atoms. The van der Waals surface area contributed by atoms with Gasteiger partial charge < -0.3 is 15.4 Å². The molecule has 0 aliphatic heterocycles. The number of benzene rings is 1. The van der Waals surface area contributed by atoms with E-state index >= 15 is 0 Å². The number of likely N-dealkylation sites (N-methyl/N-ethyl adjacent to an activating group) is 1. The molecule has 0 fully saturated rings. The topological polar surface area (TPSA) is 55.6 Å². The fourth-order valence-electron chi connectivity index (χ4n) is 1.86. The Balaban J connectivity index is 3.00. The largest absolute Gasteiger partial charge is 0.398 e. The van der Waals surface area contributed by atoms with Crippen LogP contribution >= 0.6 is 11.6 Å². The molecule has 1 aromatic rings. The highest BCUT2D eigenvalue weighted by Gasteiger charge is 2.22. The predicted molar refractivity (Wildman–Crippen MR) is 73.9 cm³/mol. The summed E-state index contributed by atoms with van der Waals surface area (Å²) in [4.78, 5) is 14.1. The zero-order chi connectivity index (χ0) is 13.7. The van der Waals surface area contributed by atoms with Crippen molar-refractivity contribution in [2.75, 3.05) is 26.0 Å². The van der Waals surface area contributed by atoms with Gasteiger partial charge in [-0.25, -0.2) is 0 Å². The minimum Gasteiger partial charge on any atom is -0.398 e. The van der Waals surface area contributed by atoms with Crippen LogP contribution in [-0.2, 0) is 4.74 Å². The number of nitrogens with two attached hydrogens (primary N) is 1. The van der Waals surface area contributed by atoms with Gasteiger partial charge in [-0.1, -0.05) is 17.7 Å². The molecule has 5 heteroatoms. The minimum atomic E-state index is -0.126. The molecule has 0 saturated heterocycles. The molecule has 0 aromatic heterocycles. The Bertz CT molecular complexity index is 423. The number of nitrogens with zero attached hydrogens (tertiary/aromatic N) is 1. The van der Waals surface area contributed by atoms with E-state index in [1.807, 2.05) is 13.8 Å². The zero-order valence-electron chi connectivity index (χ0n) is 10.9. The number of amides is 1. The van der Waals surface area contributed by atoms with Gasteiger partial charge in [0, 0.05) is 13.7 Å². The van der Waals surface area contributed by atoms with Gasteiger partial charge in [0.15, 0.2) is 0 Å². The normalized spacial score (nSPS) is 12.2. The highest BCUT2D eigenvalue weighted by atomic mass is 35.5. The third-order valence-electron chi connectivity index (χ3n) is 2.80. The lowest BCUT2D eigenvalue weighted by atomic mass is 10.1. The molecular weight excluding hydrogens is 252 g/mol. The van der Waals surface area contributed by atoms with Crippen molar-refractivity contribution in [2.45, 2.75) is 19.9 Å². The van der Waals surface area contributed by atoms with Crippen LogP contribution in [0.1, 0.15) is 24.2 Å². The van der Waals surface area contributed by atoms with Gasteiger partial charge in [0.2, 0.25) is 0 Å². The standard InChI is InChI=1S/C13H19ClN2O2/c1-4-16(9(2)8-18-3)13(17)10-6-5-7-11(15)12(10)14/h5-7,9H,4,8,15H2,1-3H3. The molecule has 0 spiro atoms. The van der Waals surface area contributed by atoms with Crippen LogP contribution in [0.4, 0.5) is 5.69 Å². The van der Waals surface area contributed by atoms with Crippen molar-refractivity contribution in [1.82, 2.24) is 4.90 Å². The number of ether oxygens (including phenoxy) is 1. The third kappa shape index (κ3) is 3.15. The van der Waals surface area contributed by atoms with Crippen molar-refractivity contribution in [2.24, 2.45) is 0 Å². The van der Waals surface area contributed by atoms with Gasteiger partial charge in [-0.05, 0) is 26.0 Å². The molecule has 1 aromatic carbocycles. The summed E-state index contributed by atoms with van der Waals surface area (Å²) in [5, 5.41) is 0.311. The van der Waals surface area contributed by atoms with Crippen LogP contribution in [-0.4, -0.2) is 37.1 Å². The maximum Gasteiger partial charge on any atom is 0.255 e. The second-order valence-corrected chi connectivity index (χ2v) is 4.48. The maximum absolute atomic E-state index is 12.4. The van der Waals surface area contributed by atoms with E-state index in [1.54, 1.807) is 30.2 Å². The van der Waals surface area contributed by atoms with E-state index in [1.165, 1.54) is 0 Å². The van der Waals surface area contributed by atoms with Crippen molar-refractivity contribution >= 4 is 23.2 Å². The summed E-state index contributed by atoms with van der Waals surface area (Å²) >= 11 is 6.07. The van der Waals surface area contributed by atoms with E-state index in [0.29, 0.717) is 29.4 Å². The number of nitrogen functional groups attached to an aromatic ring is 1. The quantitative estimate of drug-likeness (QED) is 0.836. The number of anilines is 1. The molecule has 4 nitrogen and oxygen atoms in total. The lowest BCUT2D eigenvalue weighted by molar-refractivity contribution is 0.0579. The number of hydrogen-bond acceptors (Lipinski definition) is 3. The Morgan fingerprint density at radius 2 is 2.22 bits per heavy atom. The molecule has 2 N–H and O–H groups in total. The highest BCUT2D eigenvalue weighted by molar-refractivity contribution is 6.36. The highest BCUT2D eigenvalue weighted by Crippen LogP contribution is 2.24. The Kier molecular flexibility index (Phi) is 5.44. The fourth-order valence-corrected chi connectivity index (χ4v) is 2.06. The van der Waals surface area contributed by atoms with Crippen LogP contribution in [0.15, 0.2) is 18.2 Å². The summed E-state index contributed by atoms with van der Waals surface area (Å²) in [7, 11) is 1.61. The van der Waals surface area contributed by atoms with E-state index in [4.69, 9.17) is 22.1 Å². The molecule has 0 bridgehead atoms. The van der Waals surface area contributed by atoms with E-state index in [-0.39, 0.29) is 11.9 Å². The van der Waals surface area contributed by atoms with E-state index < -0.39 is 0 Å². The van der Waals surface area contributed by atoms with E-state index in [2.05, 4.69) is 0 Å². The SMILES string of the molecule is CCN(C(=O)c1cccc(N)c1Cl)C(C)COC. The molecule has 0 aliphatic rings. The van der Waals surface area contributed by atoms with Gasteiger partial charge in [0.25, 0.3) is 5.91 Å². The number of halogens is 1. The first kappa shape index (κ1) is 14.8. The lowest BCUT2D eigenvalue weighted by Crippen LogP contribution is -2.41. The van der Waals surface area contributed by atoms with Gasteiger partial charge in [-0.3, -0.25) is 4.79 Å². The monoisotopic (exact) mass is 270 g/mol. The molecule has 1 unspecified atom stereocenters. The number of carbonyl (C=O) groups excluding carboxylic acids is 1. The smallest absolute Gasteiger partial charge is 0.255 e. The van der Waals surface area contributed by atoms with Crippen molar-refractivity contribution in [1.29, 1.82) is 0 Å². The first-order chi connectivity index (χ1) is 8.52. The zero-order valence-corrected chi connectivity index (χ0v) is 11.7. The first-order valence-corrected chi connectivity index (χ1v) is 6.24. The van der Waals surface area contributed by atoms with Gasteiger partial charge >= 0.3 is 0 Å². The van der Waals surface area contributed by atoms with E-state index in [9.17, 15) is 4.79 Å². The second kappa shape index (κ2) is 6.61. The molecule has 1 rings (SSSR count). The molecule has 0 radical (unpaired) electrons. The number of carbonyl (C=O) groups is 1. The molecule has 0 heterocycles. The summed E-state index contributed by atoms with van der Waals surface area (Å²) in [5.74, 6) is -0.126. The Morgan fingerprint density at radius 1 is 1.56 bits per heavy atom. The molecular formula is C13H19ClN2O2. The Morgan fingerprint density at radius 3 is 2.78 bits per heavy atom. The molecule has 100 valence electrons. The van der Waals surface area contributed by atoms with Crippen LogP contribution in [0.3, 0.4) is 0 Å². The van der Waals surface area contributed by atoms with Gasteiger partial charge in [0.1, 0.15) is 0 Å². The van der Waals surface area contributed by atoms with Crippen LogP contribution < -0.4 is 5.73 Å². The molecule has 0 saturated carbocycles. The fraction of sp³-hybridized carbons (Fsp3) is 0.462. The van der Waals surface area contributed by atoms with Crippen molar-refractivity contribution in [3.05, 3.63) is 28.8 Å². The summed E-state index contributed by atoms with van der Waals surface area (Å²) in [6.07, 6.45) is 0. The minimum absolute atomic E-state index is 0.00926. The summed E-state index contributed by atoms with van der Waals surface area (Å²) in [6, 6.07) is 5.07. The van der Waals surface area contributed by atoms with Crippen LogP contribution in [0, 0.1) is 0 Å². The Labute approximate surface area is 113 Å². The van der Waals surface area contributed by atoms with Gasteiger partial charge in [-0.15, -0.1) is 0 Å². The summed E-state index contributed by atoms with van der Waals surface area (Å²) in [6.45, 7) is 4.93. The van der Waals surface area contributed by atoms with E-state index in [0.717, 1.165) is 0 Å². The molecule has 0 aliphatic carbocycles. The summed E-state index contributed by atoms with van der Waals surface area (Å²) < 4.78 is 5.07. The van der Waals surface area contributed by atoms with Gasteiger partial charge in [-0.2, -0.15) is 0 Å². The number of hydrogen-bond donors (Lipinski definition) is 1. The Hall–Kier alpha value is -1.26. The van der Waals surface area contributed by atoms with Crippen molar-refractivity contribution in [3.63, 3.8) is 0 Å².